The number of rotatable bonds is 3. The number of allylic oxidation sites excluding steroid dienone is 1. The fourth-order valence-electron chi connectivity index (χ4n) is 3.72. The van der Waals surface area contributed by atoms with Crippen molar-refractivity contribution in [1.29, 1.82) is 0 Å². The minimum absolute atomic E-state index is 0.156. The zero-order chi connectivity index (χ0) is 20.7. The van der Waals surface area contributed by atoms with Crippen molar-refractivity contribution in [3.8, 4) is 11.5 Å². The minimum Gasteiger partial charge on any atom is -0.507 e. The first-order valence-electron chi connectivity index (χ1n) is 9.49. The van der Waals surface area contributed by atoms with Crippen LogP contribution in [0.15, 0.2) is 30.0 Å². The molecule has 1 fully saturated rings. The highest BCUT2D eigenvalue weighted by atomic mass is 35.5. The van der Waals surface area contributed by atoms with Crippen LogP contribution >= 0.6 is 23.2 Å². The standard InChI is InChI=1S/C22H22Cl2N2O3/c1-13-9-18(27)15(12-26-7-5-25(2)6-8-26)22-20(13)21(28)19(29-22)11-14-3-4-16(23)17(24)10-14/h3-4,9-11,27H,5-8,12H2,1-2H3/b19-11-. The highest BCUT2D eigenvalue weighted by Gasteiger charge is 2.34. The van der Waals surface area contributed by atoms with Gasteiger partial charge in [-0.15, -0.1) is 0 Å². The van der Waals surface area contributed by atoms with Crippen molar-refractivity contribution in [2.24, 2.45) is 0 Å². The van der Waals surface area contributed by atoms with Gasteiger partial charge < -0.3 is 14.7 Å². The lowest BCUT2D eigenvalue weighted by Crippen LogP contribution is -2.43. The van der Waals surface area contributed by atoms with Gasteiger partial charge in [0.2, 0.25) is 5.78 Å². The van der Waals surface area contributed by atoms with Crippen LogP contribution in [0.3, 0.4) is 0 Å². The van der Waals surface area contributed by atoms with Crippen molar-refractivity contribution in [2.75, 3.05) is 33.2 Å². The van der Waals surface area contributed by atoms with Gasteiger partial charge in [-0.1, -0.05) is 29.3 Å². The van der Waals surface area contributed by atoms with Gasteiger partial charge in [0.25, 0.3) is 0 Å². The zero-order valence-electron chi connectivity index (χ0n) is 16.3. The van der Waals surface area contributed by atoms with Crippen molar-refractivity contribution in [2.45, 2.75) is 13.5 Å². The molecule has 0 unspecified atom stereocenters. The van der Waals surface area contributed by atoms with Crippen molar-refractivity contribution in [1.82, 2.24) is 9.80 Å². The molecule has 1 saturated heterocycles. The molecule has 1 N–H and O–H groups in total. The number of halogens is 2. The SMILES string of the molecule is Cc1cc(O)c(CN2CCN(C)CC2)c2c1C(=O)/C(=C/c1ccc(Cl)c(Cl)c1)O2. The largest absolute Gasteiger partial charge is 0.507 e. The van der Waals surface area contributed by atoms with Gasteiger partial charge >= 0.3 is 0 Å². The molecule has 0 radical (unpaired) electrons. The number of piperazine rings is 1. The van der Waals surface area contributed by atoms with Crippen LogP contribution in [0.2, 0.25) is 10.0 Å². The van der Waals surface area contributed by atoms with Gasteiger partial charge in [0.05, 0.1) is 21.2 Å². The maximum Gasteiger partial charge on any atom is 0.232 e. The van der Waals surface area contributed by atoms with Gasteiger partial charge in [0.1, 0.15) is 11.5 Å². The van der Waals surface area contributed by atoms with Gasteiger partial charge in [-0.3, -0.25) is 9.69 Å². The lowest BCUT2D eigenvalue weighted by atomic mass is 9.99. The normalized spacial score (nSPS) is 18.9. The molecule has 0 amide bonds. The number of likely N-dealkylation sites (N-methyl/N-ethyl adjacent to an activating group) is 1. The molecule has 4 rings (SSSR count). The van der Waals surface area contributed by atoms with Crippen molar-refractivity contribution in [3.63, 3.8) is 0 Å². The van der Waals surface area contributed by atoms with E-state index >= 15 is 0 Å². The molecular formula is C22H22Cl2N2O3. The zero-order valence-corrected chi connectivity index (χ0v) is 17.8. The Bertz CT molecular complexity index is 1010. The molecule has 0 aromatic heterocycles. The number of nitrogens with zero attached hydrogens (tertiary/aromatic N) is 2. The summed E-state index contributed by atoms with van der Waals surface area (Å²) >= 11 is 12.1. The van der Waals surface area contributed by atoms with E-state index in [0.29, 0.717) is 39.0 Å². The summed E-state index contributed by atoms with van der Waals surface area (Å²) in [6.07, 6.45) is 1.65. The summed E-state index contributed by atoms with van der Waals surface area (Å²) in [7, 11) is 2.10. The van der Waals surface area contributed by atoms with E-state index in [-0.39, 0.29) is 17.3 Å². The van der Waals surface area contributed by atoms with Crippen LogP contribution < -0.4 is 4.74 Å². The molecule has 0 bridgehead atoms. The summed E-state index contributed by atoms with van der Waals surface area (Å²) in [5.74, 6) is 0.636. The number of phenols is 1. The number of fused-ring (bicyclic) bond motifs is 1. The Morgan fingerprint density at radius 1 is 1.14 bits per heavy atom. The number of ether oxygens (including phenoxy) is 1. The third-order valence-electron chi connectivity index (χ3n) is 5.44. The fourth-order valence-corrected chi connectivity index (χ4v) is 4.02. The van der Waals surface area contributed by atoms with Gasteiger partial charge in [-0.25, -0.2) is 0 Å². The molecule has 2 aromatic carbocycles. The number of hydrogen-bond donors (Lipinski definition) is 1. The van der Waals surface area contributed by atoms with Gasteiger partial charge in [0, 0.05) is 32.7 Å². The van der Waals surface area contributed by atoms with Gasteiger partial charge in [-0.2, -0.15) is 0 Å². The number of phenolic OH excluding ortho intramolecular Hbond substituents is 1. The van der Waals surface area contributed by atoms with Crippen LogP contribution in [0, 0.1) is 6.92 Å². The molecular weight excluding hydrogens is 411 g/mol. The van der Waals surface area contributed by atoms with Gasteiger partial charge in [0.15, 0.2) is 5.76 Å². The van der Waals surface area contributed by atoms with E-state index in [4.69, 9.17) is 27.9 Å². The molecule has 0 spiro atoms. The highest BCUT2D eigenvalue weighted by Crippen LogP contribution is 2.42. The second-order valence-electron chi connectivity index (χ2n) is 7.59. The third-order valence-corrected chi connectivity index (χ3v) is 6.18. The summed E-state index contributed by atoms with van der Waals surface area (Å²) in [5, 5.41) is 11.4. The minimum atomic E-state index is -0.191. The summed E-state index contributed by atoms with van der Waals surface area (Å²) in [6.45, 7) is 6.09. The molecule has 2 heterocycles. The monoisotopic (exact) mass is 432 g/mol. The first-order valence-corrected chi connectivity index (χ1v) is 10.2. The quantitative estimate of drug-likeness (QED) is 0.729. The Morgan fingerprint density at radius 2 is 1.86 bits per heavy atom. The lowest BCUT2D eigenvalue weighted by Gasteiger charge is -2.32. The Kier molecular flexibility index (Phi) is 5.58. The molecule has 7 heteroatoms. The molecule has 2 aliphatic rings. The topological polar surface area (TPSA) is 53.0 Å². The summed E-state index contributed by atoms with van der Waals surface area (Å²) in [5.41, 5.74) is 2.58. The van der Waals surface area contributed by atoms with E-state index < -0.39 is 0 Å². The highest BCUT2D eigenvalue weighted by molar-refractivity contribution is 6.42. The van der Waals surface area contributed by atoms with E-state index in [1.54, 1.807) is 30.3 Å². The first kappa shape index (κ1) is 20.2. The predicted octanol–water partition coefficient (Wildman–Crippen LogP) is 4.37. The maximum absolute atomic E-state index is 13.0. The number of aryl methyl sites for hydroxylation is 1. The number of carbonyl (C=O) groups is 1. The number of hydrogen-bond acceptors (Lipinski definition) is 5. The van der Waals surface area contributed by atoms with Crippen molar-refractivity contribution in [3.05, 3.63) is 62.3 Å². The molecule has 29 heavy (non-hydrogen) atoms. The molecule has 2 aromatic rings. The second kappa shape index (κ2) is 8.00. The van der Waals surface area contributed by atoms with E-state index in [0.717, 1.165) is 31.7 Å². The fraction of sp³-hybridized carbons (Fsp3) is 0.318. The lowest BCUT2D eigenvalue weighted by molar-refractivity contribution is 0.101. The van der Waals surface area contributed by atoms with E-state index in [1.807, 2.05) is 6.92 Å². The average Bonchev–Trinajstić information content (AvgIpc) is 3.00. The Labute approximate surface area is 180 Å². The number of Topliss-reactive ketones (excluding diaryl/α,β-unsaturated/α-hetero) is 1. The Morgan fingerprint density at radius 3 is 2.55 bits per heavy atom. The molecule has 152 valence electrons. The number of carbonyl (C=O) groups excluding carboxylic acids is 1. The van der Waals surface area contributed by atoms with Crippen LogP contribution in [0.25, 0.3) is 6.08 Å². The molecule has 0 aliphatic carbocycles. The molecule has 5 nitrogen and oxygen atoms in total. The van der Waals surface area contributed by atoms with E-state index in [2.05, 4.69) is 16.8 Å². The van der Waals surface area contributed by atoms with Crippen molar-refractivity contribution >= 4 is 35.1 Å². The van der Waals surface area contributed by atoms with Crippen LogP contribution in [0.1, 0.15) is 27.0 Å². The number of benzene rings is 2. The van der Waals surface area contributed by atoms with Crippen LogP contribution in [-0.2, 0) is 6.54 Å². The molecule has 0 atom stereocenters. The Balaban J connectivity index is 1.67. The van der Waals surface area contributed by atoms with Gasteiger partial charge in [-0.05, 0) is 49.4 Å². The number of ketones is 1. The predicted molar refractivity (Wildman–Crippen MR) is 115 cm³/mol. The van der Waals surface area contributed by atoms with Crippen LogP contribution in [0.5, 0.6) is 11.5 Å². The number of aromatic hydroxyl groups is 1. The smallest absolute Gasteiger partial charge is 0.232 e. The second-order valence-corrected chi connectivity index (χ2v) is 8.40. The maximum atomic E-state index is 13.0. The van der Waals surface area contributed by atoms with Crippen molar-refractivity contribution < 1.29 is 14.6 Å². The molecule has 2 aliphatic heterocycles. The summed E-state index contributed by atoms with van der Waals surface area (Å²) < 4.78 is 5.99. The van der Waals surface area contributed by atoms with E-state index in [9.17, 15) is 9.90 Å². The average molecular weight is 433 g/mol. The van der Waals surface area contributed by atoms with Crippen LogP contribution in [-0.4, -0.2) is 53.9 Å². The molecule has 0 saturated carbocycles. The first-order chi connectivity index (χ1) is 13.8. The van der Waals surface area contributed by atoms with Crippen LogP contribution in [0.4, 0.5) is 0 Å². The Hall–Kier alpha value is -2.05. The summed E-state index contributed by atoms with van der Waals surface area (Å²) in [4.78, 5) is 17.6. The summed E-state index contributed by atoms with van der Waals surface area (Å²) in [6, 6.07) is 6.79. The van der Waals surface area contributed by atoms with E-state index in [1.165, 1.54) is 0 Å². The third kappa shape index (κ3) is 4.01.